The first-order valence-corrected chi connectivity index (χ1v) is 8.32. The highest BCUT2D eigenvalue weighted by molar-refractivity contribution is 5.79. The zero-order chi connectivity index (χ0) is 17.9. The van der Waals surface area contributed by atoms with E-state index in [0.717, 1.165) is 29.1 Å². The molecule has 0 unspecified atom stereocenters. The quantitative estimate of drug-likeness (QED) is 0.881. The van der Waals surface area contributed by atoms with Gasteiger partial charge in [0.1, 0.15) is 5.82 Å². The van der Waals surface area contributed by atoms with Crippen LogP contribution in [0.4, 0.5) is 4.39 Å². The molecule has 1 aromatic carbocycles. The summed E-state index contributed by atoms with van der Waals surface area (Å²) < 4.78 is 15.5. The highest BCUT2D eigenvalue weighted by atomic mass is 19.1. The van der Waals surface area contributed by atoms with Crippen LogP contribution in [0.2, 0.25) is 0 Å². The molecule has 1 N–H and O–H groups in total. The SMILES string of the molecule is Cc1ccc(CNC(=O)Cc2c(C)nn(CC(C)C)c2C)cc1F. The molecular formula is C19H26FN3O. The molecule has 24 heavy (non-hydrogen) atoms. The Morgan fingerprint density at radius 2 is 2.00 bits per heavy atom. The van der Waals surface area contributed by atoms with Crippen molar-refractivity contribution in [3.05, 3.63) is 52.1 Å². The maximum absolute atomic E-state index is 13.5. The number of rotatable bonds is 6. The van der Waals surface area contributed by atoms with Crippen molar-refractivity contribution in [2.75, 3.05) is 0 Å². The first kappa shape index (κ1) is 18.2. The zero-order valence-corrected chi connectivity index (χ0v) is 15.1. The van der Waals surface area contributed by atoms with Crippen molar-refractivity contribution in [3.63, 3.8) is 0 Å². The second-order valence-electron chi connectivity index (χ2n) is 6.76. The molecule has 1 aromatic heterocycles. The van der Waals surface area contributed by atoms with Crippen LogP contribution < -0.4 is 5.32 Å². The van der Waals surface area contributed by atoms with Crippen molar-refractivity contribution >= 4 is 5.91 Å². The Kier molecular flexibility index (Phi) is 5.75. The highest BCUT2D eigenvalue weighted by Crippen LogP contribution is 2.15. The van der Waals surface area contributed by atoms with Crippen LogP contribution >= 0.6 is 0 Å². The minimum atomic E-state index is -0.247. The van der Waals surface area contributed by atoms with Crippen LogP contribution in [0.3, 0.4) is 0 Å². The van der Waals surface area contributed by atoms with Crippen molar-refractivity contribution < 1.29 is 9.18 Å². The summed E-state index contributed by atoms with van der Waals surface area (Å²) in [5.74, 6) is 0.177. The van der Waals surface area contributed by atoms with Crippen LogP contribution in [0.1, 0.15) is 41.9 Å². The fourth-order valence-corrected chi connectivity index (χ4v) is 2.68. The van der Waals surface area contributed by atoms with Gasteiger partial charge in [-0.1, -0.05) is 26.0 Å². The lowest BCUT2D eigenvalue weighted by Crippen LogP contribution is -2.25. The Morgan fingerprint density at radius 1 is 1.29 bits per heavy atom. The first-order chi connectivity index (χ1) is 11.3. The summed E-state index contributed by atoms with van der Waals surface area (Å²) in [5, 5.41) is 7.39. The molecule has 0 bridgehead atoms. The molecule has 0 spiro atoms. The molecule has 1 heterocycles. The van der Waals surface area contributed by atoms with Crippen molar-refractivity contribution in [2.24, 2.45) is 5.92 Å². The molecule has 0 atom stereocenters. The Balaban J connectivity index is 1.99. The van der Waals surface area contributed by atoms with E-state index in [1.807, 2.05) is 24.6 Å². The number of amides is 1. The Morgan fingerprint density at radius 3 is 2.62 bits per heavy atom. The van der Waals surface area contributed by atoms with Gasteiger partial charge in [0.05, 0.1) is 12.1 Å². The summed E-state index contributed by atoms with van der Waals surface area (Å²) in [7, 11) is 0. The molecule has 0 saturated heterocycles. The van der Waals surface area contributed by atoms with Gasteiger partial charge in [0.2, 0.25) is 5.91 Å². The van der Waals surface area contributed by atoms with Gasteiger partial charge >= 0.3 is 0 Å². The van der Waals surface area contributed by atoms with Gasteiger partial charge in [0.25, 0.3) is 0 Å². The third-order valence-electron chi connectivity index (χ3n) is 4.13. The van der Waals surface area contributed by atoms with E-state index < -0.39 is 0 Å². The third-order valence-corrected chi connectivity index (χ3v) is 4.13. The molecule has 0 aliphatic carbocycles. The lowest BCUT2D eigenvalue weighted by atomic mass is 10.1. The van der Waals surface area contributed by atoms with E-state index in [2.05, 4.69) is 24.3 Å². The molecular weight excluding hydrogens is 305 g/mol. The van der Waals surface area contributed by atoms with E-state index in [0.29, 0.717) is 24.4 Å². The monoisotopic (exact) mass is 331 g/mol. The Hall–Kier alpha value is -2.17. The second kappa shape index (κ2) is 7.60. The lowest BCUT2D eigenvalue weighted by Gasteiger charge is -2.09. The summed E-state index contributed by atoms with van der Waals surface area (Å²) in [5.41, 5.74) is 4.27. The molecule has 0 aliphatic rings. The maximum Gasteiger partial charge on any atom is 0.224 e. The molecule has 1 amide bonds. The number of carbonyl (C=O) groups excluding carboxylic acids is 1. The largest absolute Gasteiger partial charge is 0.352 e. The van der Waals surface area contributed by atoms with E-state index in [1.54, 1.807) is 13.0 Å². The Labute approximate surface area is 143 Å². The molecule has 0 fully saturated rings. The predicted molar refractivity (Wildman–Crippen MR) is 93.2 cm³/mol. The summed E-state index contributed by atoms with van der Waals surface area (Å²) in [4.78, 5) is 12.2. The predicted octanol–water partition coefficient (Wildman–Crippen LogP) is 3.46. The Bertz CT molecular complexity index is 734. The van der Waals surface area contributed by atoms with Gasteiger partial charge in [-0.3, -0.25) is 9.48 Å². The van der Waals surface area contributed by atoms with E-state index in [9.17, 15) is 9.18 Å². The van der Waals surface area contributed by atoms with Crippen LogP contribution in [0.25, 0.3) is 0 Å². The van der Waals surface area contributed by atoms with Crippen molar-refractivity contribution in [2.45, 2.75) is 54.1 Å². The fourth-order valence-electron chi connectivity index (χ4n) is 2.68. The van der Waals surface area contributed by atoms with Crippen molar-refractivity contribution in [1.82, 2.24) is 15.1 Å². The van der Waals surface area contributed by atoms with Crippen LogP contribution in [0, 0.1) is 32.5 Å². The number of hydrogen-bond donors (Lipinski definition) is 1. The summed E-state index contributed by atoms with van der Waals surface area (Å²) in [6, 6.07) is 5.02. The van der Waals surface area contributed by atoms with Crippen LogP contribution in [0.15, 0.2) is 18.2 Å². The molecule has 2 aromatic rings. The fraction of sp³-hybridized carbons (Fsp3) is 0.474. The van der Waals surface area contributed by atoms with E-state index >= 15 is 0 Å². The number of nitrogens with zero attached hydrogens (tertiary/aromatic N) is 2. The number of nitrogens with one attached hydrogen (secondary N) is 1. The third kappa shape index (κ3) is 4.43. The number of aryl methyl sites for hydroxylation is 2. The minimum absolute atomic E-state index is 0.0775. The van der Waals surface area contributed by atoms with Crippen LogP contribution in [-0.2, 0) is 24.3 Å². The van der Waals surface area contributed by atoms with Gasteiger partial charge in [-0.2, -0.15) is 5.10 Å². The summed E-state index contributed by atoms with van der Waals surface area (Å²) in [6.45, 7) is 11.1. The maximum atomic E-state index is 13.5. The first-order valence-electron chi connectivity index (χ1n) is 8.32. The van der Waals surface area contributed by atoms with E-state index in [1.165, 1.54) is 6.07 Å². The number of benzene rings is 1. The standard InChI is InChI=1S/C19H26FN3O/c1-12(2)11-23-15(5)17(14(4)22-23)9-19(24)21-10-16-7-6-13(3)18(20)8-16/h6-8,12H,9-11H2,1-5H3,(H,21,24). The molecule has 5 heteroatoms. The molecule has 2 rings (SSSR count). The molecule has 130 valence electrons. The van der Waals surface area contributed by atoms with Gasteiger partial charge in [-0.15, -0.1) is 0 Å². The number of carbonyl (C=O) groups is 1. The highest BCUT2D eigenvalue weighted by Gasteiger charge is 2.15. The van der Waals surface area contributed by atoms with Gasteiger partial charge in [0.15, 0.2) is 0 Å². The average Bonchev–Trinajstić information content (AvgIpc) is 2.75. The number of hydrogen-bond acceptors (Lipinski definition) is 2. The molecule has 0 saturated carbocycles. The van der Waals surface area contributed by atoms with Crippen molar-refractivity contribution in [1.29, 1.82) is 0 Å². The second-order valence-corrected chi connectivity index (χ2v) is 6.76. The van der Waals surface area contributed by atoms with E-state index in [-0.39, 0.29) is 11.7 Å². The topological polar surface area (TPSA) is 46.9 Å². The lowest BCUT2D eigenvalue weighted by molar-refractivity contribution is -0.120. The number of aromatic nitrogens is 2. The molecule has 4 nitrogen and oxygen atoms in total. The number of halogens is 1. The van der Waals surface area contributed by atoms with Gasteiger partial charge in [-0.05, 0) is 43.9 Å². The summed E-state index contributed by atoms with van der Waals surface area (Å²) in [6.07, 6.45) is 0.296. The smallest absolute Gasteiger partial charge is 0.224 e. The van der Waals surface area contributed by atoms with Gasteiger partial charge in [0, 0.05) is 24.3 Å². The van der Waals surface area contributed by atoms with Crippen molar-refractivity contribution in [3.8, 4) is 0 Å². The van der Waals surface area contributed by atoms with Gasteiger partial charge in [-0.25, -0.2) is 4.39 Å². The van der Waals surface area contributed by atoms with Crippen LogP contribution in [0.5, 0.6) is 0 Å². The van der Waals surface area contributed by atoms with Gasteiger partial charge < -0.3 is 5.32 Å². The normalized spacial score (nSPS) is 11.1. The molecule has 0 radical (unpaired) electrons. The minimum Gasteiger partial charge on any atom is -0.352 e. The van der Waals surface area contributed by atoms with E-state index in [4.69, 9.17) is 0 Å². The van der Waals surface area contributed by atoms with Crippen LogP contribution in [-0.4, -0.2) is 15.7 Å². The summed E-state index contributed by atoms with van der Waals surface area (Å²) >= 11 is 0. The average molecular weight is 331 g/mol. The molecule has 0 aliphatic heterocycles. The zero-order valence-electron chi connectivity index (χ0n) is 15.1.